The van der Waals surface area contributed by atoms with Gasteiger partial charge in [0.15, 0.2) is 0 Å². The maximum Gasteiger partial charge on any atom is 0.337 e. The second-order valence-corrected chi connectivity index (χ2v) is 3.62. The predicted molar refractivity (Wildman–Crippen MR) is 54.0 cm³/mol. The Morgan fingerprint density at radius 1 is 1.38 bits per heavy atom. The molecule has 13 heavy (non-hydrogen) atoms. The first-order chi connectivity index (χ1) is 5.95. The van der Waals surface area contributed by atoms with E-state index < -0.39 is 0 Å². The van der Waals surface area contributed by atoms with Gasteiger partial charge in [-0.2, -0.15) is 0 Å². The molecular weight excluding hydrogens is 164 g/mol. The smallest absolute Gasteiger partial charge is 0.337 e. The van der Waals surface area contributed by atoms with Crippen molar-refractivity contribution in [1.29, 1.82) is 0 Å². The van der Waals surface area contributed by atoms with Gasteiger partial charge in [0.25, 0.3) is 0 Å². The third-order valence-corrected chi connectivity index (χ3v) is 1.96. The molecular formula is C11H18O2. The maximum absolute atomic E-state index is 10.9. The Kier molecular flexibility index (Phi) is 5.12. The van der Waals surface area contributed by atoms with E-state index in [1.807, 2.05) is 6.08 Å². The zero-order chi connectivity index (χ0) is 10.4. The average molecular weight is 182 g/mol. The Hall–Kier alpha value is -1.05. The van der Waals surface area contributed by atoms with Gasteiger partial charge in [0.2, 0.25) is 0 Å². The highest BCUT2D eigenvalue weighted by Crippen LogP contribution is 2.10. The van der Waals surface area contributed by atoms with Crippen molar-refractivity contribution >= 4 is 5.97 Å². The molecule has 1 atom stereocenters. The SMILES string of the molecule is C=C(C)C(=O)OC=CC(C)C(C)C. The van der Waals surface area contributed by atoms with E-state index in [1.165, 1.54) is 6.26 Å². The van der Waals surface area contributed by atoms with Crippen LogP contribution >= 0.6 is 0 Å². The highest BCUT2D eigenvalue weighted by Gasteiger charge is 2.03. The molecule has 0 aliphatic carbocycles. The van der Waals surface area contributed by atoms with Gasteiger partial charge in [-0.15, -0.1) is 0 Å². The minimum absolute atomic E-state index is 0.368. The van der Waals surface area contributed by atoms with Crippen molar-refractivity contribution in [2.45, 2.75) is 27.7 Å². The topological polar surface area (TPSA) is 26.3 Å². The average Bonchev–Trinajstić information content (AvgIpc) is 2.03. The molecule has 1 unspecified atom stereocenters. The standard InChI is InChI=1S/C11H18O2/c1-8(2)10(5)6-7-13-11(12)9(3)4/h6-8,10H,3H2,1-2,4-5H3. The van der Waals surface area contributed by atoms with Gasteiger partial charge in [0.05, 0.1) is 6.26 Å². The van der Waals surface area contributed by atoms with Crippen LogP contribution in [-0.2, 0) is 9.53 Å². The summed E-state index contributed by atoms with van der Waals surface area (Å²) in [5.74, 6) is 0.602. The van der Waals surface area contributed by atoms with Crippen molar-refractivity contribution in [3.05, 3.63) is 24.5 Å². The monoisotopic (exact) mass is 182 g/mol. The van der Waals surface area contributed by atoms with Crippen LogP contribution in [0.2, 0.25) is 0 Å². The van der Waals surface area contributed by atoms with E-state index in [4.69, 9.17) is 4.74 Å². The van der Waals surface area contributed by atoms with Gasteiger partial charge in [0.1, 0.15) is 0 Å². The van der Waals surface area contributed by atoms with Crippen LogP contribution in [-0.4, -0.2) is 5.97 Å². The molecule has 0 bridgehead atoms. The first-order valence-corrected chi connectivity index (χ1v) is 4.48. The summed E-state index contributed by atoms with van der Waals surface area (Å²) in [6, 6.07) is 0. The van der Waals surface area contributed by atoms with E-state index in [9.17, 15) is 4.79 Å². The molecule has 0 aromatic heterocycles. The number of carbonyl (C=O) groups excluding carboxylic acids is 1. The van der Waals surface area contributed by atoms with Crippen molar-refractivity contribution in [3.8, 4) is 0 Å². The molecule has 0 N–H and O–H groups in total. The number of hydrogen-bond donors (Lipinski definition) is 0. The first kappa shape index (κ1) is 11.9. The van der Waals surface area contributed by atoms with Gasteiger partial charge in [-0.1, -0.05) is 27.4 Å². The lowest BCUT2D eigenvalue weighted by atomic mass is 9.99. The van der Waals surface area contributed by atoms with Crippen LogP contribution in [0, 0.1) is 11.8 Å². The van der Waals surface area contributed by atoms with E-state index in [0.29, 0.717) is 17.4 Å². The fourth-order valence-electron chi connectivity index (χ4n) is 0.548. The zero-order valence-electron chi connectivity index (χ0n) is 8.83. The van der Waals surface area contributed by atoms with Gasteiger partial charge in [-0.3, -0.25) is 0 Å². The second-order valence-electron chi connectivity index (χ2n) is 3.62. The van der Waals surface area contributed by atoms with Crippen molar-refractivity contribution in [2.75, 3.05) is 0 Å². The van der Waals surface area contributed by atoms with Gasteiger partial charge >= 0.3 is 5.97 Å². The summed E-state index contributed by atoms with van der Waals surface area (Å²) in [5, 5.41) is 0. The Labute approximate surface area is 80.3 Å². The van der Waals surface area contributed by atoms with E-state index >= 15 is 0 Å². The lowest BCUT2D eigenvalue weighted by Crippen LogP contribution is -2.02. The number of rotatable bonds is 4. The largest absolute Gasteiger partial charge is 0.431 e. The van der Waals surface area contributed by atoms with E-state index in [1.54, 1.807) is 6.92 Å². The van der Waals surface area contributed by atoms with E-state index in [2.05, 4.69) is 27.4 Å². The molecule has 2 nitrogen and oxygen atoms in total. The molecule has 0 saturated heterocycles. The van der Waals surface area contributed by atoms with Crippen LogP contribution in [0.4, 0.5) is 0 Å². The molecule has 74 valence electrons. The summed E-state index contributed by atoms with van der Waals surface area (Å²) in [5.41, 5.74) is 0.418. The van der Waals surface area contributed by atoms with Gasteiger partial charge in [0, 0.05) is 5.57 Å². The fourth-order valence-corrected chi connectivity index (χ4v) is 0.548. The van der Waals surface area contributed by atoms with Crippen LogP contribution in [0.3, 0.4) is 0 Å². The van der Waals surface area contributed by atoms with Crippen molar-refractivity contribution in [2.24, 2.45) is 11.8 Å². The summed E-state index contributed by atoms with van der Waals surface area (Å²) < 4.78 is 4.81. The number of ether oxygens (including phenoxy) is 1. The van der Waals surface area contributed by atoms with E-state index in [0.717, 1.165) is 0 Å². The Morgan fingerprint density at radius 3 is 2.31 bits per heavy atom. The van der Waals surface area contributed by atoms with Gasteiger partial charge in [-0.25, -0.2) is 4.79 Å². The highest BCUT2D eigenvalue weighted by molar-refractivity contribution is 5.87. The molecule has 0 aliphatic rings. The normalized spacial score (nSPS) is 13.3. The quantitative estimate of drug-likeness (QED) is 0.379. The molecule has 0 aromatic rings. The van der Waals surface area contributed by atoms with Crippen molar-refractivity contribution in [1.82, 2.24) is 0 Å². The Morgan fingerprint density at radius 2 is 1.92 bits per heavy atom. The molecule has 2 heteroatoms. The number of allylic oxidation sites excluding steroid dienone is 1. The molecule has 0 heterocycles. The fraction of sp³-hybridized carbons (Fsp3) is 0.545. The molecule has 0 radical (unpaired) electrons. The lowest BCUT2D eigenvalue weighted by Gasteiger charge is -2.09. The first-order valence-electron chi connectivity index (χ1n) is 4.48. The summed E-state index contributed by atoms with van der Waals surface area (Å²) in [4.78, 5) is 10.9. The number of carbonyl (C=O) groups is 1. The molecule has 0 fully saturated rings. The van der Waals surface area contributed by atoms with E-state index in [-0.39, 0.29) is 5.97 Å². The van der Waals surface area contributed by atoms with Gasteiger partial charge in [-0.05, 0) is 24.8 Å². The summed E-state index contributed by atoms with van der Waals surface area (Å²) in [6.07, 6.45) is 3.33. The number of esters is 1. The van der Waals surface area contributed by atoms with Crippen LogP contribution in [0.1, 0.15) is 27.7 Å². The van der Waals surface area contributed by atoms with Crippen LogP contribution < -0.4 is 0 Å². The summed E-state index contributed by atoms with van der Waals surface area (Å²) in [7, 11) is 0. The van der Waals surface area contributed by atoms with Crippen LogP contribution in [0.15, 0.2) is 24.5 Å². The molecule has 0 spiro atoms. The minimum Gasteiger partial charge on any atom is -0.431 e. The lowest BCUT2D eigenvalue weighted by molar-refractivity contribution is -0.133. The zero-order valence-corrected chi connectivity index (χ0v) is 8.83. The van der Waals surface area contributed by atoms with Gasteiger partial charge < -0.3 is 4.74 Å². The summed E-state index contributed by atoms with van der Waals surface area (Å²) >= 11 is 0. The molecule has 0 aromatic carbocycles. The van der Waals surface area contributed by atoms with Crippen LogP contribution in [0.5, 0.6) is 0 Å². The second kappa shape index (κ2) is 5.57. The summed E-state index contributed by atoms with van der Waals surface area (Å²) in [6.45, 7) is 11.4. The third kappa shape index (κ3) is 5.23. The molecule has 0 aliphatic heterocycles. The molecule has 0 saturated carbocycles. The molecule has 0 rings (SSSR count). The Bertz CT molecular complexity index is 214. The van der Waals surface area contributed by atoms with Crippen molar-refractivity contribution in [3.63, 3.8) is 0 Å². The Balaban J connectivity index is 3.88. The van der Waals surface area contributed by atoms with Crippen LogP contribution in [0.25, 0.3) is 0 Å². The van der Waals surface area contributed by atoms with Crippen molar-refractivity contribution < 1.29 is 9.53 Å². The minimum atomic E-state index is -0.368. The maximum atomic E-state index is 10.9. The third-order valence-electron chi connectivity index (χ3n) is 1.96. The predicted octanol–water partition coefficient (Wildman–Crippen LogP) is 2.91. The highest BCUT2D eigenvalue weighted by atomic mass is 16.5. The number of hydrogen-bond acceptors (Lipinski definition) is 2. The molecule has 0 amide bonds.